The van der Waals surface area contributed by atoms with E-state index >= 15 is 0 Å². The molecule has 0 spiro atoms. The van der Waals surface area contributed by atoms with E-state index in [1.807, 2.05) is 0 Å². The molecule has 0 heterocycles. The number of carboxylic acid groups (broad SMARTS) is 6. The smallest absolute Gasteiger partial charge is 0.547 e. The van der Waals surface area contributed by atoms with Gasteiger partial charge in [0, 0.05) is 0 Å². The molecule has 262 valence electrons. The second-order valence-corrected chi connectivity index (χ2v) is 7.53. The molecule has 0 saturated carbocycles. The minimum atomic E-state index is -2.50. The van der Waals surface area contributed by atoms with Gasteiger partial charge in [0.1, 0.15) is 73.2 Å². The number of hydrogen-bond acceptors (Lipinski definition) is 24. The van der Waals surface area contributed by atoms with Crippen molar-refractivity contribution in [2.75, 3.05) is 0 Å². The summed E-state index contributed by atoms with van der Waals surface area (Å²) in [5.41, 5.74) is 0. The minimum Gasteiger partial charge on any atom is -0.547 e. The average Bonchev–Trinajstić information content (AvgIpc) is 2.92. The van der Waals surface area contributed by atoms with Crippen LogP contribution in [0.15, 0.2) is 0 Å². The molecule has 0 aliphatic rings. The minimum absolute atomic E-state index is 0. The summed E-state index contributed by atoms with van der Waals surface area (Å²) in [5.74, 6) is -12.7. The van der Waals surface area contributed by atoms with Crippen molar-refractivity contribution in [1.82, 2.24) is 12.3 Å². The molecule has 0 aliphatic carbocycles. The van der Waals surface area contributed by atoms with Crippen LogP contribution in [0.3, 0.4) is 0 Å². The molecule has 45 heavy (non-hydrogen) atoms. The first-order chi connectivity index (χ1) is 18.9. The van der Waals surface area contributed by atoms with Crippen LogP contribution in [0.4, 0.5) is 0 Å². The van der Waals surface area contributed by atoms with Crippen LogP contribution in [0.2, 0.25) is 0 Å². The maximum absolute atomic E-state index is 9.96. The van der Waals surface area contributed by atoms with Gasteiger partial charge in [0.2, 0.25) is 0 Å². The molecular formula is C18H32N2O24Zr. The van der Waals surface area contributed by atoms with Gasteiger partial charge in [-0.05, 0) is 0 Å². The Bertz CT molecular complexity index is 738. The Morgan fingerprint density at radius 2 is 0.356 bits per heavy atom. The third-order valence-corrected chi connectivity index (χ3v) is 4.44. The van der Waals surface area contributed by atoms with Gasteiger partial charge in [0.05, 0.1) is 35.8 Å². The zero-order valence-corrected chi connectivity index (χ0v) is 25.2. The zero-order valence-electron chi connectivity index (χ0n) is 22.7. The van der Waals surface area contributed by atoms with E-state index in [2.05, 4.69) is 0 Å². The molecule has 0 unspecified atom stereocenters. The van der Waals surface area contributed by atoms with E-state index < -0.39 is 109 Å². The second kappa shape index (κ2) is 25.3. The number of aliphatic carboxylic acids is 6. The van der Waals surface area contributed by atoms with Crippen molar-refractivity contribution >= 4 is 35.8 Å². The fourth-order valence-electron chi connectivity index (χ4n) is 1.96. The number of aliphatic hydroxyl groups excluding tert-OH is 12. The summed E-state index contributed by atoms with van der Waals surface area (Å²) < 4.78 is 0. The summed E-state index contributed by atoms with van der Waals surface area (Å²) in [6.45, 7) is 0. The zero-order chi connectivity index (χ0) is 34.4. The van der Waals surface area contributed by atoms with Crippen molar-refractivity contribution in [3.63, 3.8) is 0 Å². The maximum Gasteiger partial charge on any atom is 4.00 e. The summed E-state index contributed by atoms with van der Waals surface area (Å²) in [7, 11) is 0. The molecule has 26 nitrogen and oxygen atoms in total. The van der Waals surface area contributed by atoms with E-state index in [0.29, 0.717) is 0 Å². The molecule has 0 aromatic heterocycles. The summed E-state index contributed by atoms with van der Waals surface area (Å²) in [5, 5.41) is 164. The number of carbonyl (C=O) groups excluding carboxylic acids is 6. The predicted octanol–water partition coefficient (Wildman–Crippen LogP) is -17.5. The summed E-state index contributed by atoms with van der Waals surface area (Å²) >= 11 is 0. The van der Waals surface area contributed by atoms with Gasteiger partial charge in [0.25, 0.3) is 0 Å². The van der Waals surface area contributed by atoms with Crippen LogP contribution in [-0.2, 0) is 55.0 Å². The van der Waals surface area contributed by atoms with Crippen molar-refractivity contribution in [1.29, 1.82) is 0 Å². The molecule has 0 rings (SSSR count). The van der Waals surface area contributed by atoms with Crippen molar-refractivity contribution in [2.45, 2.75) is 73.2 Å². The molecule has 0 aromatic rings. The molecular weight excluding hydrogens is 719 g/mol. The van der Waals surface area contributed by atoms with Crippen LogP contribution in [-0.4, -0.2) is 170 Å². The van der Waals surface area contributed by atoms with E-state index in [4.69, 9.17) is 61.3 Å². The van der Waals surface area contributed by atoms with E-state index in [-0.39, 0.29) is 38.5 Å². The Labute approximate surface area is 268 Å². The van der Waals surface area contributed by atoms with E-state index in [9.17, 15) is 59.4 Å². The number of hydrogen-bond donors (Lipinski definition) is 14. The molecule has 27 heteroatoms. The number of quaternary nitrogens is 2. The predicted molar refractivity (Wildman–Crippen MR) is 114 cm³/mol. The van der Waals surface area contributed by atoms with Gasteiger partial charge in [-0.15, -0.1) is 0 Å². The average molecular weight is 752 g/mol. The van der Waals surface area contributed by atoms with Gasteiger partial charge in [-0.25, -0.2) is 0 Å². The second-order valence-electron chi connectivity index (χ2n) is 7.53. The monoisotopic (exact) mass is 750 g/mol. The number of rotatable bonds is 15. The van der Waals surface area contributed by atoms with E-state index in [1.165, 1.54) is 0 Å². The third-order valence-electron chi connectivity index (χ3n) is 4.44. The Balaban J connectivity index is -0.000000123. The van der Waals surface area contributed by atoms with Crippen LogP contribution in [0.25, 0.3) is 0 Å². The van der Waals surface area contributed by atoms with Gasteiger partial charge >= 0.3 is 26.2 Å². The van der Waals surface area contributed by atoms with Crippen molar-refractivity contribution in [3.8, 4) is 0 Å². The first-order valence-corrected chi connectivity index (χ1v) is 10.3. The van der Waals surface area contributed by atoms with Gasteiger partial charge in [-0.1, -0.05) is 0 Å². The molecule has 0 aromatic carbocycles. The molecule has 0 radical (unpaired) electrons. The fraction of sp³-hybridized carbons (Fsp3) is 0.667. The van der Waals surface area contributed by atoms with E-state index in [0.717, 1.165) is 0 Å². The van der Waals surface area contributed by atoms with Gasteiger partial charge < -0.3 is 133 Å². The first-order valence-electron chi connectivity index (χ1n) is 10.3. The third kappa shape index (κ3) is 19.3. The molecule has 0 saturated heterocycles. The van der Waals surface area contributed by atoms with Gasteiger partial charge in [-0.2, -0.15) is 0 Å². The number of carbonyl (C=O) groups is 6. The Morgan fingerprint density at radius 3 is 0.400 bits per heavy atom. The van der Waals surface area contributed by atoms with Crippen LogP contribution >= 0.6 is 0 Å². The largest absolute Gasteiger partial charge is 4.00 e. The van der Waals surface area contributed by atoms with Crippen LogP contribution in [0.5, 0.6) is 0 Å². The topological polar surface area (TPSA) is 557 Å². The number of aliphatic hydroxyl groups is 12. The molecule has 0 bridgehead atoms. The van der Waals surface area contributed by atoms with Gasteiger partial charge in [-0.3, -0.25) is 0 Å². The van der Waals surface area contributed by atoms with Crippen molar-refractivity contribution in [3.05, 3.63) is 0 Å². The molecule has 0 aliphatic heterocycles. The molecule has 0 fully saturated rings. The van der Waals surface area contributed by atoms with E-state index in [1.54, 1.807) is 0 Å². The number of carboxylic acids is 6. The standard InChI is InChI=1S/3C6H10O8.2H3N.Zr/c3*7-1(3(9)5(11)12)2(8)4(10)6(13)14;;;/h3*1-4,7-10H,(H,11,12)(H,13,14);2*1H3;/q;;;;;+4/p-4/t3*1-,2-,3-,4+;;;/m000.../s1. The Kier molecular flexibility index (Phi) is 30.8. The normalized spacial score (nSPS) is 18.1. The summed E-state index contributed by atoms with van der Waals surface area (Å²) in [6.07, 6.45) is -29.3. The first kappa shape index (κ1) is 54.6. The Morgan fingerprint density at radius 1 is 0.289 bits per heavy atom. The van der Waals surface area contributed by atoms with Crippen LogP contribution in [0.1, 0.15) is 0 Å². The van der Waals surface area contributed by atoms with Crippen LogP contribution < -0.4 is 42.9 Å². The van der Waals surface area contributed by atoms with Crippen molar-refractivity contribution in [2.24, 2.45) is 0 Å². The molecule has 12 atom stereocenters. The summed E-state index contributed by atoms with van der Waals surface area (Å²) in [6, 6.07) is 0. The quantitative estimate of drug-likeness (QED) is 0.0738. The SMILES string of the molecule is O=C([O-])[C@@H](O)[C@@H](O)[C@H](O)[C@@H](O)C(=O)[O-].O=C([O-])[C@@H](O)[C@@H](O)[C@H](O)[C@@H](O)C(=O)[O-].O=C([O-])[C@@H](O)[C@@H](O)[C@H](O)[C@@H](O)C(=O)[O-].[NH4+].[NH4+].[Zr+4]. The van der Waals surface area contributed by atoms with Gasteiger partial charge in [0.15, 0.2) is 0 Å². The molecule has 20 N–H and O–H groups in total. The van der Waals surface area contributed by atoms with Crippen LogP contribution in [0, 0.1) is 0 Å². The fourth-order valence-corrected chi connectivity index (χ4v) is 1.96. The molecule has 0 amide bonds. The maximum atomic E-state index is 9.96. The Hall–Kier alpha value is -2.86. The van der Waals surface area contributed by atoms with Crippen molar-refractivity contribution < 1.29 is 147 Å². The summed E-state index contributed by atoms with van der Waals surface area (Å²) in [4.78, 5) is 59.8.